The number of ether oxygens (including phenoxy) is 1. The van der Waals surface area contributed by atoms with Crippen LogP contribution in [0.15, 0.2) is 0 Å². The van der Waals surface area contributed by atoms with Gasteiger partial charge in [-0.1, -0.05) is 6.42 Å². The average molecular weight is 261 g/mol. The molecule has 0 saturated heterocycles. The fraction of sp³-hybridized carbons (Fsp3) is 0.917. The van der Waals surface area contributed by atoms with E-state index in [2.05, 4.69) is 5.32 Å². The number of rotatable bonds is 7. The molecule has 0 spiro atoms. The molecule has 0 aliphatic carbocycles. The van der Waals surface area contributed by atoms with Gasteiger partial charge >= 0.3 is 6.09 Å². The Morgan fingerprint density at radius 2 is 2.00 bits per heavy atom. The Morgan fingerprint density at radius 3 is 2.44 bits per heavy atom. The normalized spacial score (nSPS) is 15.0. The summed E-state index contributed by atoms with van der Waals surface area (Å²) in [5.41, 5.74) is 10.7. The van der Waals surface area contributed by atoms with E-state index in [1.165, 1.54) is 0 Å². The maximum Gasteiger partial charge on any atom is 0.408 e. The van der Waals surface area contributed by atoms with Crippen LogP contribution >= 0.6 is 0 Å². The van der Waals surface area contributed by atoms with Gasteiger partial charge in [-0.25, -0.2) is 4.79 Å². The Balaban J connectivity index is 4.12. The smallest absolute Gasteiger partial charge is 0.408 e. The molecular formula is C12H27N3O3. The van der Waals surface area contributed by atoms with Crippen LogP contribution in [0.3, 0.4) is 0 Å². The van der Waals surface area contributed by atoms with Gasteiger partial charge in [0, 0.05) is 6.04 Å². The van der Waals surface area contributed by atoms with Gasteiger partial charge in [-0.15, -0.1) is 0 Å². The summed E-state index contributed by atoms with van der Waals surface area (Å²) in [7, 11) is 0. The molecule has 0 fully saturated rings. The number of amides is 1. The molecule has 0 radical (unpaired) electrons. The van der Waals surface area contributed by atoms with Crippen LogP contribution in [-0.2, 0) is 4.74 Å². The van der Waals surface area contributed by atoms with Crippen molar-refractivity contribution in [2.24, 2.45) is 11.5 Å². The van der Waals surface area contributed by atoms with E-state index < -0.39 is 17.7 Å². The number of alkyl carbamates (subject to hydrolysis) is 1. The van der Waals surface area contributed by atoms with E-state index in [4.69, 9.17) is 16.2 Å². The molecule has 2 atom stereocenters. The molecule has 0 heterocycles. The molecule has 18 heavy (non-hydrogen) atoms. The minimum atomic E-state index is -0.562. The summed E-state index contributed by atoms with van der Waals surface area (Å²) in [6.07, 6.45) is 1.91. The molecule has 6 N–H and O–H groups in total. The van der Waals surface area contributed by atoms with Crippen molar-refractivity contribution in [2.45, 2.75) is 57.7 Å². The van der Waals surface area contributed by atoms with E-state index in [0.29, 0.717) is 13.0 Å². The Kier molecular flexibility index (Phi) is 7.90. The van der Waals surface area contributed by atoms with Gasteiger partial charge in [0.25, 0.3) is 0 Å². The second kappa shape index (κ2) is 8.29. The van der Waals surface area contributed by atoms with Crippen molar-refractivity contribution in [3.8, 4) is 0 Å². The highest BCUT2D eigenvalue weighted by Crippen LogP contribution is 2.08. The van der Waals surface area contributed by atoms with Crippen LogP contribution in [0.5, 0.6) is 0 Å². The van der Waals surface area contributed by atoms with Gasteiger partial charge in [0.2, 0.25) is 0 Å². The van der Waals surface area contributed by atoms with Crippen molar-refractivity contribution >= 4 is 6.09 Å². The first-order valence-corrected chi connectivity index (χ1v) is 6.36. The second-order valence-electron chi connectivity index (χ2n) is 5.38. The Hall–Kier alpha value is -0.850. The zero-order valence-corrected chi connectivity index (χ0v) is 11.6. The monoisotopic (exact) mass is 261 g/mol. The molecule has 1 amide bonds. The lowest BCUT2D eigenvalue weighted by Crippen LogP contribution is -2.51. The second-order valence-corrected chi connectivity index (χ2v) is 5.38. The number of nitrogens with one attached hydrogen (secondary N) is 1. The number of aliphatic hydroxyl groups excluding tert-OH is 1. The number of hydrogen-bond acceptors (Lipinski definition) is 5. The van der Waals surface area contributed by atoms with Crippen molar-refractivity contribution in [1.29, 1.82) is 0 Å². The Morgan fingerprint density at radius 1 is 1.39 bits per heavy atom. The zero-order chi connectivity index (χ0) is 14.2. The van der Waals surface area contributed by atoms with E-state index >= 15 is 0 Å². The van der Waals surface area contributed by atoms with Crippen LogP contribution in [0.4, 0.5) is 4.79 Å². The van der Waals surface area contributed by atoms with Gasteiger partial charge in [0.1, 0.15) is 5.60 Å². The van der Waals surface area contributed by atoms with Crippen LogP contribution in [0.25, 0.3) is 0 Å². The molecule has 0 bridgehead atoms. The van der Waals surface area contributed by atoms with Crippen molar-refractivity contribution in [3.05, 3.63) is 0 Å². The summed E-state index contributed by atoms with van der Waals surface area (Å²) in [5.74, 6) is 0. The maximum absolute atomic E-state index is 11.5. The number of unbranched alkanes of at least 4 members (excludes halogenated alkanes) is 1. The van der Waals surface area contributed by atoms with Crippen LogP contribution in [0, 0.1) is 0 Å². The third-order valence-corrected chi connectivity index (χ3v) is 2.41. The fourth-order valence-corrected chi connectivity index (χ4v) is 1.47. The fourth-order valence-electron chi connectivity index (χ4n) is 1.47. The first-order chi connectivity index (χ1) is 8.30. The molecule has 6 nitrogen and oxygen atoms in total. The molecule has 6 heteroatoms. The summed E-state index contributed by atoms with van der Waals surface area (Å²) in [6, 6.07) is -0.785. The van der Waals surface area contributed by atoms with E-state index in [1.807, 2.05) is 0 Å². The number of carbonyl (C=O) groups is 1. The number of hydrogen-bond donors (Lipinski definition) is 4. The van der Waals surface area contributed by atoms with Crippen molar-refractivity contribution in [2.75, 3.05) is 13.2 Å². The van der Waals surface area contributed by atoms with Crippen LogP contribution < -0.4 is 16.8 Å². The van der Waals surface area contributed by atoms with E-state index in [0.717, 1.165) is 12.8 Å². The van der Waals surface area contributed by atoms with E-state index in [9.17, 15) is 9.90 Å². The highest BCUT2D eigenvalue weighted by molar-refractivity contribution is 5.68. The molecular weight excluding hydrogens is 234 g/mol. The summed E-state index contributed by atoms with van der Waals surface area (Å²) in [4.78, 5) is 11.5. The van der Waals surface area contributed by atoms with Crippen LogP contribution in [0.1, 0.15) is 40.0 Å². The highest BCUT2D eigenvalue weighted by atomic mass is 16.6. The molecule has 0 aliphatic rings. The lowest BCUT2D eigenvalue weighted by Gasteiger charge is -2.26. The predicted octanol–water partition coefficient (Wildman–Crippen LogP) is 0.328. The Labute approximate surface area is 109 Å². The lowest BCUT2D eigenvalue weighted by atomic mass is 10.0. The molecule has 0 aliphatic heterocycles. The molecule has 0 rings (SSSR count). The van der Waals surface area contributed by atoms with Crippen molar-refractivity contribution in [1.82, 2.24) is 5.32 Å². The predicted molar refractivity (Wildman–Crippen MR) is 71.1 cm³/mol. The lowest BCUT2D eigenvalue weighted by molar-refractivity contribution is 0.0469. The molecule has 0 aromatic rings. The van der Waals surface area contributed by atoms with Crippen molar-refractivity contribution in [3.63, 3.8) is 0 Å². The summed E-state index contributed by atoms with van der Waals surface area (Å²) in [6.45, 7) is 5.75. The third-order valence-electron chi connectivity index (χ3n) is 2.41. The minimum Gasteiger partial charge on any atom is -0.444 e. The quantitative estimate of drug-likeness (QED) is 0.494. The number of nitrogens with two attached hydrogens (primary N) is 2. The number of aliphatic hydroxyl groups is 1. The van der Waals surface area contributed by atoms with Gasteiger partial charge in [-0.3, -0.25) is 0 Å². The molecule has 2 unspecified atom stereocenters. The van der Waals surface area contributed by atoms with Crippen LogP contribution in [0.2, 0.25) is 0 Å². The minimum absolute atomic E-state index is 0.205. The summed E-state index contributed by atoms with van der Waals surface area (Å²) >= 11 is 0. The van der Waals surface area contributed by atoms with Gasteiger partial charge in [-0.2, -0.15) is 0 Å². The third kappa shape index (κ3) is 8.27. The molecule has 108 valence electrons. The summed E-state index contributed by atoms with van der Waals surface area (Å²) in [5, 5.41) is 11.8. The van der Waals surface area contributed by atoms with Crippen LogP contribution in [-0.4, -0.2) is 42.0 Å². The first-order valence-electron chi connectivity index (χ1n) is 6.36. The topological polar surface area (TPSA) is 111 Å². The van der Waals surface area contributed by atoms with Gasteiger partial charge in [0.05, 0.1) is 12.6 Å². The largest absolute Gasteiger partial charge is 0.444 e. The van der Waals surface area contributed by atoms with Gasteiger partial charge in [-0.05, 0) is 40.2 Å². The van der Waals surface area contributed by atoms with E-state index in [-0.39, 0.29) is 12.6 Å². The van der Waals surface area contributed by atoms with Crippen molar-refractivity contribution < 1.29 is 14.6 Å². The standard InChI is InChI=1S/C12H27N3O3/c1-12(2,3)18-11(17)15-10(8-16)9(14)6-4-5-7-13/h9-10,16H,4-8,13-14H2,1-3H3,(H,15,17). The van der Waals surface area contributed by atoms with Gasteiger partial charge in [0.15, 0.2) is 0 Å². The van der Waals surface area contributed by atoms with E-state index in [1.54, 1.807) is 20.8 Å². The first kappa shape index (κ1) is 17.2. The maximum atomic E-state index is 11.5. The van der Waals surface area contributed by atoms with Gasteiger partial charge < -0.3 is 26.6 Å². The molecule has 0 aromatic carbocycles. The zero-order valence-electron chi connectivity index (χ0n) is 11.6. The summed E-state index contributed by atoms with van der Waals surface area (Å²) < 4.78 is 5.11. The molecule has 0 saturated carbocycles. The highest BCUT2D eigenvalue weighted by Gasteiger charge is 2.22. The average Bonchev–Trinajstić information content (AvgIpc) is 2.23. The molecule has 0 aromatic heterocycles. The Bertz CT molecular complexity index is 241. The number of carbonyl (C=O) groups excluding carboxylic acids is 1. The SMILES string of the molecule is CC(C)(C)OC(=O)NC(CO)C(N)CCCCN.